The average molecular weight is 348 g/mol. The van der Waals surface area contributed by atoms with Crippen LogP contribution in [0.4, 0.5) is 5.69 Å². The Labute approximate surface area is 151 Å². The van der Waals surface area contributed by atoms with Gasteiger partial charge in [-0.1, -0.05) is 51.2 Å². The van der Waals surface area contributed by atoms with Crippen molar-refractivity contribution in [3.8, 4) is 0 Å². The SMILES string of the molecule is CC(=O)O.CCCCCCCCc1ccc(N=C2NCCCN2)cc1. The third-order valence-electron chi connectivity index (χ3n) is 3.93. The number of aliphatic imine (C=N–C) groups is 1. The number of unbranched alkanes of at least 4 members (excludes halogenated alkanes) is 5. The van der Waals surface area contributed by atoms with Crippen molar-refractivity contribution < 1.29 is 9.90 Å². The molecule has 1 fully saturated rings. The number of aryl methyl sites for hydroxylation is 1. The molecule has 1 saturated heterocycles. The second-order valence-corrected chi connectivity index (χ2v) is 6.37. The zero-order valence-corrected chi connectivity index (χ0v) is 15.7. The molecule has 1 aromatic carbocycles. The van der Waals surface area contributed by atoms with Gasteiger partial charge in [-0.15, -0.1) is 0 Å². The molecule has 1 heterocycles. The molecule has 5 nitrogen and oxygen atoms in total. The van der Waals surface area contributed by atoms with Gasteiger partial charge >= 0.3 is 0 Å². The lowest BCUT2D eigenvalue weighted by Crippen LogP contribution is -2.43. The highest BCUT2D eigenvalue weighted by molar-refractivity contribution is 5.83. The second kappa shape index (κ2) is 13.3. The molecule has 1 aliphatic heterocycles. The smallest absolute Gasteiger partial charge is 0.300 e. The Morgan fingerprint density at radius 1 is 1.04 bits per heavy atom. The highest BCUT2D eigenvalue weighted by atomic mass is 16.4. The van der Waals surface area contributed by atoms with E-state index in [9.17, 15) is 0 Å². The Kier molecular flexibility index (Phi) is 11.2. The summed E-state index contributed by atoms with van der Waals surface area (Å²) < 4.78 is 0. The number of aliphatic carboxylic acids is 1. The van der Waals surface area contributed by atoms with Gasteiger partial charge in [-0.25, -0.2) is 4.99 Å². The number of carboxylic acids is 1. The van der Waals surface area contributed by atoms with Crippen LogP contribution in [-0.4, -0.2) is 30.1 Å². The molecule has 2 rings (SSSR count). The van der Waals surface area contributed by atoms with Gasteiger partial charge in [0, 0.05) is 20.0 Å². The first-order valence-electron chi connectivity index (χ1n) is 9.46. The molecule has 3 N–H and O–H groups in total. The standard InChI is InChI=1S/C18H29N3.C2H4O2/c1-2-3-4-5-6-7-9-16-10-12-17(13-11-16)21-18-19-14-8-15-20-18;1-2(3)4/h10-13H,2-9,14-15H2,1H3,(H2,19,20,21);1H3,(H,3,4). The van der Waals surface area contributed by atoms with Gasteiger partial charge in [-0.2, -0.15) is 0 Å². The molecule has 5 heteroatoms. The Hall–Kier alpha value is -2.04. The number of carbonyl (C=O) groups is 1. The highest BCUT2D eigenvalue weighted by Gasteiger charge is 2.03. The van der Waals surface area contributed by atoms with Crippen molar-refractivity contribution in [3.63, 3.8) is 0 Å². The maximum Gasteiger partial charge on any atom is 0.300 e. The van der Waals surface area contributed by atoms with Gasteiger partial charge in [0.25, 0.3) is 5.97 Å². The quantitative estimate of drug-likeness (QED) is 0.615. The summed E-state index contributed by atoms with van der Waals surface area (Å²) in [6.07, 6.45) is 10.5. The number of carboxylic acid groups (broad SMARTS) is 1. The molecule has 0 radical (unpaired) electrons. The second-order valence-electron chi connectivity index (χ2n) is 6.37. The summed E-state index contributed by atoms with van der Waals surface area (Å²) in [5.41, 5.74) is 2.46. The molecule has 0 spiro atoms. The number of hydrogen-bond donors (Lipinski definition) is 3. The lowest BCUT2D eigenvalue weighted by atomic mass is 10.0. The monoisotopic (exact) mass is 347 g/mol. The zero-order valence-electron chi connectivity index (χ0n) is 15.7. The number of rotatable bonds is 8. The van der Waals surface area contributed by atoms with E-state index in [1.807, 2.05) is 0 Å². The van der Waals surface area contributed by atoms with Crippen LogP contribution in [0.3, 0.4) is 0 Å². The lowest BCUT2D eigenvalue weighted by Gasteiger charge is -2.17. The lowest BCUT2D eigenvalue weighted by molar-refractivity contribution is -0.134. The van der Waals surface area contributed by atoms with Crippen LogP contribution >= 0.6 is 0 Å². The molecule has 140 valence electrons. The van der Waals surface area contributed by atoms with E-state index < -0.39 is 5.97 Å². The van der Waals surface area contributed by atoms with E-state index in [-0.39, 0.29) is 0 Å². The average Bonchev–Trinajstić information content (AvgIpc) is 2.60. The minimum Gasteiger partial charge on any atom is -0.481 e. The normalized spacial score (nSPS) is 13.1. The Bertz CT molecular complexity index is 500. The van der Waals surface area contributed by atoms with Gasteiger partial charge in [-0.05, 0) is 37.0 Å². The maximum atomic E-state index is 9.00. The third-order valence-corrected chi connectivity index (χ3v) is 3.93. The molecular formula is C20H33N3O2. The summed E-state index contributed by atoms with van der Waals surface area (Å²) in [4.78, 5) is 13.6. The number of nitrogens with one attached hydrogen (secondary N) is 2. The Balaban J connectivity index is 0.000000705. The van der Waals surface area contributed by atoms with Gasteiger partial charge in [-0.3, -0.25) is 4.79 Å². The Morgan fingerprint density at radius 2 is 1.60 bits per heavy atom. The molecule has 1 aliphatic rings. The number of nitrogens with zero attached hydrogens (tertiary/aromatic N) is 1. The molecule has 0 atom stereocenters. The minimum absolute atomic E-state index is 0.833. The fourth-order valence-electron chi connectivity index (χ4n) is 2.62. The van der Waals surface area contributed by atoms with Crippen LogP contribution in [0.25, 0.3) is 0 Å². The number of hydrogen-bond acceptors (Lipinski definition) is 2. The van der Waals surface area contributed by atoms with E-state index in [1.54, 1.807) is 0 Å². The van der Waals surface area contributed by atoms with Crippen molar-refractivity contribution in [2.75, 3.05) is 13.1 Å². The molecule has 25 heavy (non-hydrogen) atoms. The minimum atomic E-state index is -0.833. The van der Waals surface area contributed by atoms with Gasteiger partial charge in [0.05, 0.1) is 5.69 Å². The molecule has 0 unspecified atom stereocenters. The van der Waals surface area contributed by atoms with E-state index >= 15 is 0 Å². The molecular weight excluding hydrogens is 314 g/mol. The highest BCUT2D eigenvalue weighted by Crippen LogP contribution is 2.15. The predicted molar refractivity (Wildman–Crippen MR) is 105 cm³/mol. The van der Waals surface area contributed by atoms with E-state index in [0.717, 1.165) is 38.1 Å². The van der Waals surface area contributed by atoms with E-state index in [2.05, 4.69) is 46.8 Å². The largest absolute Gasteiger partial charge is 0.481 e. The molecule has 1 aromatic rings. The Morgan fingerprint density at radius 3 is 2.20 bits per heavy atom. The van der Waals surface area contributed by atoms with E-state index in [0.29, 0.717) is 0 Å². The van der Waals surface area contributed by atoms with Crippen molar-refractivity contribution in [1.29, 1.82) is 0 Å². The molecule has 0 bridgehead atoms. The van der Waals surface area contributed by atoms with Crippen molar-refractivity contribution in [1.82, 2.24) is 10.6 Å². The van der Waals surface area contributed by atoms with Crippen LogP contribution in [0.15, 0.2) is 29.3 Å². The van der Waals surface area contributed by atoms with Crippen molar-refractivity contribution in [3.05, 3.63) is 29.8 Å². The predicted octanol–water partition coefficient (Wildman–Crippen LogP) is 4.25. The zero-order chi connectivity index (χ0) is 18.3. The molecule has 0 aromatic heterocycles. The summed E-state index contributed by atoms with van der Waals surface area (Å²) in [7, 11) is 0. The molecule has 0 amide bonds. The van der Waals surface area contributed by atoms with Crippen LogP contribution in [0.2, 0.25) is 0 Å². The number of guanidine groups is 1. The summed E-state index contributed by atoms with van der Waals surface area (Å²) in [6, 6.07) is 8.68. The molecule has 0 saturated carbocycles. The van der Waals surface area contributed by atoms with Crippen molar-refractivity contribution >= 4 is 17.6 Å². The fourth-order valence-corrected chi connectivity index (χ4v) is 2.62. The summed E-state index contributed by atoms with van der Waals surface area (Å²) in [5.74, 6) is 0.0740. The van der Waals surface area contributed by atoms with Gasteiger partial charge < -0.3 is 15.7 Å². The number of benzene rings is 1. The molecule has 0 aliphatic carbocycles. The van der Waals surface area contributed by atoms with Crippen LogP contribution in [0, 0.1) is 0 Å². The van der Waals surface area contributed by atoms with Crippen molar-refractivity contribution in [2.24, 2.45) is 4.99 Å². The van der Waals surface area contributed by atoms with E-state index in [4.69, 9.17) is 9.90 Å². The van der Waals surface area contributed by atoms with Gasteiger partial charge in [0.1, 0.15) is 0 Å². The summed E-state index contributed by atoms with van der Waals surface area (Å²) in [6.45, 7) is 5.38. The van der Waals surface area contributed by atoms with E-state index in [1.165, 1.54) is 50.5 Å². The third kappa shape index (κ3) is 11.2. The first kappa shape index (κ1) is 21.0. The van der Waals surface area contributed by atoms with Crippen LogP contribution in [0.1, 0.15) is 64.4 Å². The van der Waals surface area contributed by atoms with Crippen LogP contribution in [-0.2, 0) is 11.2 Å². The van der Waals surface area contributed by atoms with Gasteiger partial charge in [0.15, 0.2) is 5.96 Å². The van der Waals surface area contributed by atoms with Crippen LogP contribution < -0.4 is 10.6 Å². The first-order valence-corrected chi connectivity index (χ1v) is 9.46. The summed E-state index contributed by atoms with van der Waals surface area (Å²) in [5, 5.41) is 14.0. The van der Waals surface area contributed by atoms with Crippen molar-refractivity contribution in [2.45, 2.75) is 65.2 Å². The summed E-state index contributed by atoms with van der Waals surface area (Å²) >= 11 is 0. The first-order chi connectivity index (χ1) is 12.1. The van der Waals surface area contributed by atoms with Crippen LogP contribution in [0.5, 0.6) is 0 Å². The topological polar surface area (TPSA) is 73.7 Å². The van der Waals surface area contributed by atoms with Gasteiger partial charge in [0.2, 0.25) is 0 Å². The maximum absolute atomic E-state index is 9.00. The fraction of sp³-hybridized carbons (Fsp3) is 0.600.